The van der Waals surface area contributed by atoms with Crippen LogP contribution in [0.25, 0.3) is 10.7 Å². The summed E-state index contributed by atoms with van der Waals surface area (Å²) in [5.74, 6) is 0.873. The van der Waals surface area contributed by atoms with E-state index < -0.39 is 0 Å². The minimum absolute atomic E-state index is 0.112. The van der Waals surface area contributed by atoms with Gasteiger partial charge in [0.1, 0.15) is 0 Å². The minimum Gasteiger partial charge on any atom is -0.375 e. The van der Waals surface area contributed by atoms with Crippen LogP contribution in [-0.4, -0.2) is 35.0 Å². The van der Waals surface area contributed by atoms with Crippen LogP contribution < -0.4 is 5.32 Å². The van der Waals surface area contributed by atoms with Crippen LogP contribution in [0.5, 0.6) is 0 Å². The SMILES string of the molecule is CN(C)C(=O)c1ccc(Cl)cc1NCc1nc(-c2cccs2)no1. The Kier molecular flexibility index (Phi) is 4.82. The summed E-state index contributed by atoms with van der Waals surface area (Å²) in [6, 6.07) is 8.94. The molecule has 1 N–H and O–H groups in total. The molecule has 0 unspecified atom stereocenters. The third kappa shape index (κ3) is 3.58. The topological polar surface area (TPSA) is 71.3 Å². The van der Waals surface area contributed by atoms with Crippen molar-refractivity contribution in [3.8, 4) is 10.7 Å². The van der Waals surface area contributed by atoms with Gasteiger partial charge in [0, 0.05) is 24.8 Å². The molecule has 1 amide bonds. The molecule has 1 aromatic carbocycles. The predicted octanol–water partition coefficient (Wildman–Crippen LogP) is 3.77. The maximum absolute atomic E-state index is 12.2. The summed E-state index contributed by atoms with van der Waals surface area (Å²) >= 11 is 7.58. The molecule has 0 saturated heterocycles. The number of carbonyl (C=O) groups is 1. The molecule has 2 aromatic heterocycles. The fraction of sp³-hybridized carbons (Fsp3) is 0.188. The molecule has 3 rings (SSSR count). The molecule has 0 aliphatic carbocycles. The highest BCUT2D eigenvalue weighted by Crippen LogP contribution is 2.24. The molecule has 2 heterocycles. The van der Waals surface area contributed by atoms with Crippen LogP contribution in [0.4, 0.5) is 5.69 Å². The standard InChI is InChI=1S/C16H15ClN4O2S/c1-21(2)16(22)11-6-5-10(17)8-12(11)18-9-14-19-15(20-23-14)13-4-3-7-24-13/h3-8,18H,9H2,1-2H3. The second-order valence-electron chi connectivity index (χ2n) is 5.23. The van der Waals surface area contributed by atoms with Crippen LogP contribution in [0.3, 0.4) is 0 Å². The summed E-state index contributed by atoms with van der Waals surface area (Å²) in [6.07, 6.45) is 0. The van der Waals surface area contributed by atoms with E-state index in [1.165, 1.54) is 4.90 Å². The summed E-state index contributed by atoms with van der Waals surface area (Å²) < 4.78 is 5.24. The van der Waals surface area contributed by atoms with E-state index in [-0.39, 0.29) is 5.91 Å². The third-order valence-electron chi connectivity index (χ3n) is 3.26. The number of amides is 1. The molecule has 124 valence electrons. The molecule has 0 saturated carbocycles. The van der Waals surface area contributed by atoms with E-state index in [2.05, 4.69) is 15.5 Å². The molecule has 0 atom stereocenters. The second kappa shape index (κ2) is 7.02. The van der Waals surface area contributed by atoms with Gasteiger partial charge < -0.3 is 14.7 Å². The number of nitrogens with zero attached hydrogens (tertiary/aromatic N) is 3. The summed E-state index contributed by atoms with van der Waals surface area (Å²) in [6.45, 7) is 0.298. The molecule has 0 radical (unpaired) electrons. The quantitative estimate of drug-likeness (QED) is 0.748. The first-order valence-electron chi connectivity index (χ1n) is 7.16. The van der Waals surface area contributed by atoms with Crippen LogP contribution >= 0.6 is 22.9 Å². The Hall–Kier alpha value is -2.38. The third-order valence-corrected chi connectivity index (χ3v) is 4.36. The number of aromatic nitrogens is 2. The van der Waals surface area contributed by atoms with Gasteiger partial charge in [-0.15, -0.1) is 11.3 Å². The highest BCUT2D eigenvalue weighted by molar-refractivity contribution is 7.13. The van der Waals surface area contributed by atoms with Gasteiger partial charge in [-0.3, -0.25) is 4.79 Å². The Morgan fingerprint density at radius 1 is 1.38 bits per heavy atom. The maximum atomic E-state index is 12.2. The molecule has 0 spiro atoms. The van der Waals surface area contributed by atoms with E-state index in [0.717, 1.165) is 4.88 Å². The van der Waals surface area contributed by atoms with Gasteiger partial charge in [-0.25, -0.2) is 0 Å². The molecular formula is C16H15ClN4O2S. The highest BCUT2D eigenvalue weighted by Gasteiger charge is 2.15. The molecule has 8 heteroatoms. The van der Waals surface area contributed by atoms with Gasteiger partial charge in [0.2, 0.25) is 11.7 Å². The van der Waals surface area contributed by atoms with Gasteiger partial charge in [0.05, 0.1) is 17.0 Å². The first kappa shape index (κ1) is 16.5. The Morgan fingerprint density at radius 3 is 2.92 bits per heavy atom. The van der Waals surface area contributed by atoms with E-state index in [1.807, 2.05) is 17.5 Å². The van der Waals surface area contributed by atoms with Crippen molar-refractivity contribution in [2.45, 2.75) is 6.54 Å². The normalized spacial score (nSPS) is 10.6. The van der Waals surface area contributed by atoms with Crippen molar-refractivity contribution in [3.05, 3.63) is 52.2 Å². The molecule has 6 nitrogen and oxygen atoms in total. The maximum Gasteiger partial charge on any atom is 0.255 e. The summed E-state index contributed by atoms with van der Waals surface area (Å²) in [4.78, 5) is 19.0. The number of hydrogen-bond acceptors (Lipinski definition) is 6. The predicted molar refractivity (Wildman–Crippen MR) is 94.4 cm³/mol. The van der Waals surface area contributed by atoms with Crippen LogP contribution in [0.1, 0.15) is 16.2 Å². The van der Waals surface area contributed by atoms with Gasteiger partial charge in [0.25, 0.3) is 5.91 Å². The van der Waals surface area contributed by atoms with Crippen LogP contribution in [0.15, 0.2) is 40.2 Å². The number of anilines is 1. The number of halogens is 1. The van der Waals surface area contributed by atoms with Crippen molar-refractivity contribution in [1.82, 2.24) is 15.0 Å². The lowest BCUT2D eigenvalue weighted by molar-refractivity contribution is 0.0828. The largest absolute Gasteiger partial charge is 0.375 e. The lowest BCUT2D eigenvalue weighted by atomic mass is 10.1. The molecule has 0 aliphatic rings. The average Bonchev–Trinajstić information content (AvgIpc) is 3.23. The lowest BCUT2D eigenvalue weighted by Crippen LogP contribution is -2.23. The van der Waals surface area contributed by atoms with Crippen LogP contribution in [0, 0.1) is 0 Å². The fourth-order valence-corrected chi connectivity index (χ4v) is 2.91. The fourth-order valence-electron chi connectivity index (χ4n) is 2.09. The molecule has 0 fully saturated rings. The van der Waals surface area contributed by atoms with Gasteiger partial charge in [-0.2, -0.15) is 4.98 Å². The van der Waals surface area contributed by atoms with Crippen LogP contribution in [0.2, 0.25) is 5.02 Å². The minimum atomic E-state index is -0.112. The molecule has 0 bridgehead atoms. The molecular weight excluding hydrogens is 348 g/mol. The number of thiophene rings is 1. The summed E-state index contributed by atoms with van der Waals surface area (Å²) in [5.41, 5.74) is 1.15. The zero-order valence-electron chi connectivity index (χ0n) is 13.1. The highest BCUT2D eigenvalue weighted by atomic mass is 35.5. The van der Waals surface area contributed by atoms with E-state index in [9.17, 15) is 4.79 Å². The zero-order chi connectivity index (χ0) is 17.1. The van der Waals surface area contributed by atoms with Crippen molar-refractivity contribution < 1.29 is 9.32 Å². The Morgan fingerprint density at radius 2 is 2.21 bits per heavy atom. The first-order chi connectivity index (χ1) is 11.5. The van der Waals surface area contributed by atoms with Gasteiger partial charge in [0.15, 0.2) is 0 Å². The van der Waals surface area contributed by atoms with Gasteiger partial charge in [-0.1, -0.05) is 22.8 Å². The zero-order valence-corrected chi connectivity index (χ0v) is 14.7. The molecule has 24 heavy (non-hydrogen) atoms. The molecule has 0 aliphatic heterocycles. The van der Waals surface area contributed by atoms with E-state index >= 15 is 0 Å². The number of benzene rings is 1. The van der Waals surface area contributed by atoms with Crippen molar-refractivity contribution in [2.24, 2.45) is 0 Å². The Labute approximate surface area is 148 Å². The second-order valence-corrected chi connectivity index (χ2v) is 6.62. The smallest absolute Gasteiger partial charge is 0.255 e. The average molecular weight is 363 g/mol. The Bertz CT molecular complexity index is 846. The summed E-state index contributed by atoms with van der Waals surface area (Å²) in [7, 11) is 3.40. The van der Waals surface area contributed by atoms with Gasteiger partial charge >= 0.3 is 0 Å². The van der Waals surface area contributed by atoms with E-state index in [0.29, 0.717) is 34.5 Å². The number of carbonyl (C=O) groups excluding carboxylic acids is 1. The van der Waals surface area contributed by atoms with Crippen molar-refractivity contribution >= 4 is 34.5 Å². The lowest BCUT2D eigenvalue weighted by Gasteiger charge is -2.15. The molecule has 3 aromatic rings. The van der Waals surface area contributed by atoms with Crippen molar-refractivity contribution in [3.63, 3.8) is 0 Å². The van der Waals surface area contributed by atoms with Crippen LogP contribution in [-0.2, 0) is 6.54 Å². The monoisotopic (exact) mass is 362 g/mol. The van der Waals surface area contributed by atoms with Gasteiger partial charge in [-0.05, 0) is 29.6 Å². The number of nitrogens with one attached hydrogen (secondary N) is 1. The van der Waals surface area contributed by atoms with E-state index in [1.54, 1.807) is 43.6 Å². The van der Waals surface area contributed by atoms with Crippen molar-refractivity contribution in [1.29, 1.82) is 0 Å². The van der Waals surface area contributed by atoms with E-state index in [4.69, 9.17) is 16.1 Å². The van der Waals surface area contributed by atoms with Crippen molar-refractivity contribution in [2.75, 3.05) is 19.4 Å². The number of rotatable bonds is 5. The summed E-state index contributed by atoms with van der Waals surface area (Å²) in [5, 5.41) is 9.59. The first-order valence-corrected chi connectivity index (χ1v) is 8.42. The number of hydrogen-bond donors (Lipinski definition) is 1. The Balaban J connectivity index is 1.77.